The second kappa shape index (κ2) is 6.43. The van der Waals surface area contributed by atoms with E-state index in [1.165, 1.54) is 11.8 Å². The first-order valence-corrected chi connectivity index (χ1v) is 6.91. The molecule has 0 fully saturated rings. The largest absolute Gasteiger partial charge is 0.465 e. The number of hydrogen-bond acceptors (Lipinski definition) is 5. The molecular formula is C16H18N2O4. The van der Waals surface area contributed by atoms with Crippen molar-refractivity contribution < 1.29 is 19.1 Å². The van der Waals surface area contributed by atoms with Gasteiger partial charge in [-0.3, -0.25) is 0 Å². The summed E-state index contributed by atoms with van der Waals surface area (Å²) in [6.45, 7) is 5.58. The number of aromatic nitrogens is 2. The van der Waals surface area contributed by atoms with Crippen molar-refractivity contribution in [1.82, 2.24) is 9.78 Å². The molecule has 6 nitrogen and oxygen atoms in total. The van der Waals surface area contributed by atoms with E-state index in [9.17, 15) is 9.59 Å². The van der Waals surface area contributed by atoms with E-state index in [-0.39, 0.29) is 17.9 Å². The Morgan fingerprint density at radius 3 is 2.32 bits per heavy atom. The van der Waals surface area contributed by atoms with Crippen LogP contribution in [0.4, 0.5) is 0 Å². The summed E-state index contributed by atoms with van der Waals surface area (Å²) in [4.78, 5) is 24.0. The lowest BCUT2D eigenvalue weighted by Crippen LogP contribution is -2.12. The molecule has 1 aromatic heterocycles. The van der Waals surface area contributed by atoms with Gasteiger partial charge in [-0.2, -0.15) is 5.10 Å². The Balaban J connectivity index is 2.59. The third kappa shape index (κ3) is 2.86. The number of ether oxygens (including phenoxy) is 2. The molecule has 0 atom stereocenters. The van der Waals surface area contributed by atoms with Crippen LogP contribution in [0.3, 0.4) is 0 Å². The number of nitrogens with zero attached hydrogens (tertiary/aromatic N) is 2. The van der Waals surface area contributed by atoms with Crippen molar-refractivity contribution in [3.05, 3.63) is 46.8 Å². The molecule has 0 N–H and O–H groups in total. The molecule has 6 heteroatoms. The van der Waals surface area contributed by atoms with Gasteiger partial charge in [-0.25, -0.2) is 14.3 Å². The van der Waals surface area contributed by atoms with Crippen molar-refractivity contribution >= 4 is 11.9 Å². The minimum atomic E-state index is -0.642. The molecule has 0 unspecified atom stereocenters. The molecule has 0 saturated carbocycles. The summed E-state index contributed by atoms with van der Waals surface area (Å²) < 4.78 is 11.3. The Morgan fingerprint density at radius 2 is 1.77 bits per heavy atom. The van der Waals surface area contributed by atoms with Crippen LogP contribution < -0.4 is 0 Å². The highest BCUT2D eigenvalue weighted by molar-refractivity contribution is 6.02. The summed E-state index contributed by atoms with van der Waals surface area (Å²) in [6.07, 6.45) is 0. The maximum Gasteiger partial charge on any atom is 0.359 e. The van der Waals surface area contributed by atoms with Crippen LogP contribution in [-0.4, -0.2) is 35.4 Å². The van der Waals surface area contributed by atoms with E-state index < -0.39 is 11.9 Å². The van der Waals surface area contributed by atoms with E-state index in [1.807, 2.05) is 31.2 Å². The number of carbonyl (C=O) groups excluding carboxylic acids is 2. The molecular weight excluding hydrogens is 284 g/mol. The number of hydrogen-bond donors (Lipinski definition) is 0. The molecule has 2 aromatic rings. The maximum atomic E-state index is 12.0. The fourth-order valence-electron chi connectivity index (χ4n) is 2.13. The van der Waals surface area contributed by atoms with Gasteiger partial charge < -0.3 is 9.47 Å². The summed E-state index contributed by atoms with van der Waals surface area (Å²) in [5, 5.41) is 4.24. The average Bonchev–Trinajstić information content (AvgIpc) is 2.85. The van der Waals surface area contributed by atoms with E-state index in [2.05, 4.69) is 5.10 Å². The summed E-state index contributed by atoms with van der Waals surface area (Å²) in [7, 11) is 1.26. The Bertz CT molecular complexity index is 702. The molecule has 0 spiro atoms. The Labute approximate surface area is 128 Å². The van der Waals surface area contributed by atoms with Gasteiger partial charge >= 0.3 is 11.9 Å². The smallest absolute Gasteiger partial charge is 0.359 e. The van der Waals surface area contributed by atoms with E-state index in [0.29, 0.717) is 5.69 Å². The normalized spacial score (nSPS) is 10.4. The number of benzene rings is 1. The van der Waals surface area contributed by atoms with Crippen LogP contribution >= 0.6 is 0 Å². The zero-order chi connectivity index (χ0) is 16.3. The third-order valence-electron chi connectivity index (χ3n) is 3.25. The molecule has 2 rings (SSSR count). The summed E-state index contributed by atoms with van der Waals surface area (Å²) in [5.41, 5.74) is 2.48. The number of esters is 2. The average molecular weight is 302 g/mol. The van der Waals surface area contributed by atoms with Gasteiger partial charge in [0.1, 0.15) is 5.56 Å². The second-order valence-electron chi connectivity index (χ2n) is 4.77. The van der Waals surface area contributed by atoms with Crippen LogP contribution in [0.15, 0.2) is 24.3 Å². The van der Waals surface area contributed by atoms with Crippen molar-refractivity contribution in [3.8, 4) is 5.69 Å². The van der Waals surface area contributed by atoms with Crippen LogP contribution in [0.1, 0.15) is 39.0 Å². The van der Waals surface area contributed by atoms with Gasteiger partial charge in [-0.15, -0.1) is 0 Å². The lowest BCUT2D eigenvalue weighted by molar-refractivity contribution is 0.0498. The number of methoxy groups -OCH3 is 1. The first-order chi connectivity index (χ1) is 10.5. The number of carbonyl (C=O) groups is 2. The monoisotopic (exact) mass is 302 g/mol. The molecule has 0 bridgehead atoms. The van der Waals surface area contributed by atoms with Crippen molar-refractivity contribution in [2.75, 3.05) is 13.7 Å². The predicted octanol–water partition coefficient (Wildman–Crippen LogP) is 2.45. The highest BCUT2D eigenvalue weighted by Gasteiger charge is 2.28. The molecule has 0 aliphatic carbocycles. The molecule has 1 heterocycles. The lowest BCUT2D eigenvalue weighted by Gasteiger charge is -2.05. The van der Waals surface area contributed by atoms with E-state index in [1.54, 1.807) is 13.8 Å². The van der Waals surface area contributed by atoms with Crippen molar-refractivity contribution in [2.24, 2.45) is 0 Å². The van der Waals surface area contributed by atoms with E-state index >= 15 is 0 Å². The van der Waals surface area contributed by atoms with Gasteiger partial charge in [-0.1, -0.05) is 17.7 Å². The second-order valence-corrected chi connectivity index (χ2v) is 4.77. The predicted molar refractivity (Wildman–Crippen MR) is 80.3 cm³/mol. The van der Waals surface area contributed by atoms with Crippen LogP contribution in [0.2, 0.25) is 0 Å². The molecule has 1 aromatic carbocycles. The fourth-order valence-corrected chi connectivity index (χ4v) is 2.13. The van der Waals surface area contributed by atoms with Gasteiger partial charge in [0.15, 0.2) is 5.69 Å². The number of rotatable bonds is 4. The van der Waals surface area contributed by atoms with Crippen molar-refractivity contribution in [3.63, 3.8) is 0 Å². The third-order valence-corrected chi connectivity index (χ3v) is 3.25. The van der Waals surface area contributed by atoms with E-state index in [4.69, 9.17) is 9.47 Å². The van der Waals surface area contributed by atoms with Gasteiger partial charge in [0.2, 0.25) is 0 Å². The van der Waals surface area contributed by atoms with Gasteiger partial charge in [-0.05, 0) is 32.9 Å². The molecule has 22 heavy (non-hydrogen) atoms. The summed E-state index contributed by atoms with van der Waals surface area (Å²) in [6, 6.07) is 7.59. The first kappa shape index (κ1) is 15.8. The zero-order valence-electron chi connectivity index (χ0n) is 13.0. The van der Waals surface area contributed by atoms with Crippen LogP contribution in [0.25, 0.3) is 5.69 Å². The Morgan fingerprint density at radius 1 is 1.14 bits per heavy atom. The lowest BCUT2D eigenvalue weighted by atomic mass is 10.2. The molecule has 0 saturated heterocycles. The topological polar surface area (TPSA) is 70.4 Å². The minimum Gasteiger partial charge on any atom is -0.465 e. The number of aryl methyl sites for hydroxylation is 1. The highest BCUT2D eigenvalue weighted by atomic mass is 16.5. The van der Waals surface area contributed by atoms with Gasteiger partial charge in [0.25, 0.3) is 0 Å². The minimum absolute atomic E-state index is 0.0354. The molecule has 0 aliphatic heterocycles. The van der Waals surface area contributed by atoms with Gasteiger partial charge in [0.05, 0.1) is 25.1 Å². The van der Waals surface area contributed by atoms with Crippen LogP contribution in [0, 0.1) is 13.8 Å². The molecule has 0 radical (unpaired) electrons. The fraction of sp³-hybridized carbons (Fsp3) is 0.312. The molecule has 116 valence electrons. The zero-order valence-corrected chi connectivity index (χ0v) is 13.0. The Hall–Kier alpha value is -2.63. The Kier molecular flexibility index (Phi) is 4.60. The highest BCUT2D eigenvalue weighted by Crippen LogP contribution is 2.20. The molecule has 0 amide bonds. The first-order valence-electron chi connectivity index (χ1n) is 6.91. The van der Waals surface area contributed by atoms with Crippen LogP contribution in [-0.2, 0) is 9.47 Å². The van der Waals surface area contributed by atoms with Crippen molar-refractivity contribution in [2.45, 2.75) is 20.8 Å². The van der Waals surface area contributed by atoms with E-state index in [0.717, 1.165) is 11.3 Å². The standard InChI is InChI=1S/C16H18N2O4/c1-5-22-16(20)14-13(15(19)21-4)11(3)18(17-14)12-8-6-10(2)7-9-12/h6-9H,5H2,1-4H3. The SMILES string of the molecule is CCOC(=O)c1nn(-c2ccc(C)cc2)c(C)c1C(=O)OC. The summed E-state index contributed by atoms with van der Waals surface area (Å²) >= 11 is 0. The van der Waals surface area contributed by atoms with Crippen LogP contribution in [0.5, 0.6) is 0 Å². The summed E-state index contributed by atoms with van der Waals surface area (Å²) in [5.74, 6) is -1.25. The van der Waals surface area contributed by atoms with Gasteiger partial charge in [0, 0.05) is 0 Å². The maximum absolute atomic E-state index is 12.0. The molecule has 0 aliphatic rings. The van der Waals surface area contributed by atoms with Crippen molar-refractivity contribution in [1.29, 1.82) is 0 Å². The quantitative estimate of drug-likeness (QED) is 0.811.